The second-order valence-corrected chi connectivity index (χ2v) is 9.47. The molecular weight excluding hydrogens is 498 g/mol. The summed E-state index contributed by atoms with van der Waals surface area (Å²) in [5.41, 5.74) is 2.05. The minimum atomic E-state index is -0.468. The predicted molar refractivity (Wildman–Crippen MR) is 152 cm³/mol. The molecule has 0 unspecified atom stereocenters. The molecule has 1 saturated heterocycles. The first-order chi connectivity index (χ1) is 18.5. The number of carbonyl (C=O) groups excluding carboxylic acids is 1. The van der Waals surface area contributed by atoms with Gasteiger partial charge in [0.15, 0.2) is 5.17 Å². The van der Waals surface area contributed by atoms with Gasteiger partial charge in [-0.1, -0.05) is 72.8 Å². The predicted octanol–water partition coefficient (Wildman–Crippen LogP) is 7.12. The highest BCUT2D eigenvalue weighted by molar-refractivity contribution is 8.18. The van der Waals surface area contributed by atoms with Gasteiger partial charge in [0.1, 0.15) is 12.4 Å². The summed E-state index contributed by atoms with van der Waals surface area (Å²) in [5, 5.41) is 14.0. The van der Waals surface area contributed by atoms with Crippen molar-refractivity contribution in [3.63, 3.8) is 0 Å². The number of amidine groups is 1. The lowest BCUT2D eigenvalue weighted by molar-refractivity contribution is -0.384. The van der Waals surface area contributed by atoms with Gasteiger partial charge in [-0.2, -0.15) is 0 Å². The van der Waals surface area contributed by atoms with Crippen molar-refractivity contribution in [1.82, 2.24) is 4.90 Å². The summed E-state index contributed by atoms with van der Waals surface area (Å²) in [6, 6.07) is 27.7. The van der Waals surface area contributed by atoms with Gasteiger partial charge >= 0.3 is 0 Å². The lowest BCUT2D eigenvalue weighted by Gasteiger charge is -2.13. The lowest BCUT2D eigenvalue weighted by Crippen LogP contribution is -2.29. The quantitative estimate of drug-likeness (QED) is 0.107. The van der Waals surface area contributed by atoms with E-state index >= 15 is 0 Å². The van der Waals surface area contributed by atoms with Crippen molar-refractivity contribution in [1.29, 1.82) is 0 Å². The second-order valence-electron chi connectivity index (χ2n) is 8.46. The van der Waals surface area contributed by atoms with E-state index in [0.29, 0.717) is 21.4 Å². The van der Waals surface area contributed by atoms with Gasteiger partial charge in [0.05, 0.1) is 15.5 Å². The zero-order valence-corrected chi connectivity index (χ0v) is 21.1. The van der Waals surface area contributed by atoms with Gasteiger partial charge in [-0.3, -0.25) is 19.8 Å². The SMILES string of the molecule is C=CCN1C(=O)C(=Cc2cc([N+](=O)[O-])ccc2OCc2ccccc2)SC1=Nc1cccc2ccccc12. The lowest BCUT2D eigenvalue weighted by atomic mass is 10.1. The third kappa shape index (κ3) is 5.35. The van der Waals surface area contributed by atoms with E-state index < -0.39 is 4.92 Å². The number of nitro benzene ring substituents is 1. The van der Waals surface area contributed by atoms with Gasteiger partial charge in [-0.15, -0.1) is 6.58 Å². The first-order valence-electron chi connectivity index (χ1n) is 11.9. The Hall–Kier alpha value is -4.69. The van der Waals surface area contributed by atoms with E-state index in [2.05, 4.69) is 6.58 Å². The molecule has 7 nitrogen and oxygen atoms in total. The number of rotatable bonds is 8. The molecule has 8 heteroatoms. The van der Waals surface area contributed by atoms with Crippen LogP contribution in [0.1, 0.15) is 11.1 Å². The Morgan fingerprint density at radius 1 is 1.00 bits per heavy atom. The van der Waals surface area contributed by atoms with Crippen LogP contribution < -0.4 is 4.74 Å². The summed E-state index contributed by atoms with van der Waals surface area (Å²) in [5.74, 6) is 0.185. The Morgan fingerprint density at radius 2 is 1.76 bits per heavy atom. The van der Waals surface area contributed by atoms with Crippen molar-refractivity contribution in [3.05, 3.63) is 130 Å². The van der Waals surface area contributed by atoms with E-state index in [1.54, 1.807) is 23.1 Å². The van der Waals surface area contributed by atoms with E-state index in [1.165, 1.54) is 23.9 Å². The standard InChI is InChI=1S/C30H23N3O4S/c1-2-17-32-29(34)28(38-30(32)31-26-14-8-12-22-11-6-7-13-25(22)26)19-23-18-24(33(35)36)15-16-27(23)37-20-21-9-4-3-5-10-21/h2-16,18-19H,1,17,20H2. The fourth-order valence-electron chi connectivity index (χ4n) is 4.06. The smallest absolute Gasteiger partial charge is 0.270 e. The molecule has 1 aliphatic rings. The number of hydrogen-bond acceptors (Lipinski definition) is 6. The maximum Gasteiger partial charge on any atom is 0.270 e. The van der Waals surface area contributed by atoms with Gasteiger partial charge in [-0.05, 0) is 40.9 Å². The summed E-state index contributed by atoms with van der Waals surface area (Å²) in [4.78, 5) is 31.2. The Morgan fingerprint density at radius 3 is 2.55 bits per heavy atom. The number of ether oxygens (including phenoxy) is 1. The van der Waals surface area contributed by atoms with Crippen LogP contribution in [-0.2, 0) is 11.4 Å². The van der Waals surface area contributed by atoms with Crippen molar-refractivity contribution in [3.8, 4) is 5.75 Å². The van der Waals surface area contributed by atoms with Crippen molar-refractivity contribution in [2.75, 3.05) is 6.54 Å². The number of nitro groups is 1. The van der Waals surface area contributed by atoms with Crippen LogP contribution in [-0.4, -0.2) is 27.4 Å². The van der Waals surface area contributed by atoms with E-state index in [4.69, 9.17) is 9.73 Å². The molecule has 0 N–H and O–H groups in total. The molecule has 0 radical (unpaired) electrons. The Labute approximate surface area is 223 Å². The van der Waals surface area contributed by atoms with Gasteiger partial charge < -0.3 is 4.74 Å². The molecule has 1 aliphatic heterocycles. The first kappa shape index (κ1) is 25.0. The van der Waals surface area contributed by atoms with E-state index in [1.807, 2.05) is 72.8 Å². The average Bonchev–Trinajstić information content (AvgIpc) is 3.22. The van der Waals surface area contributed by atoms with Crippen LogP contribution in [0.5, 0.6) is 5.75 Å². The van der Waals surface area contributed by atoms with Gasteiger partial charge in [0, 0.05) is 29.6 Å². The van der Waals surface area contributed by atoms with Gasteiger partial charge in [-0.25, -0.2) is 4.99 Å². The van der Waals surface area contributed by atoms with Crippen molar-refractivity contribution < 1.29 is 14.5 Å². The Bertz CT molecular complexity index is 1590. The number of non-ortho nitro benzene ring substituents is 1. The summed E-state index contributed by atoms with van der Waals surface area (Å²) >= 11 is 1.22. The molecule has 1 amide bonds. The Kier molecular flexibility index (Phi) is 7.33. The number of amides is 1. The highest BCUT2D eigenvalue weighted by Gasteiger charge is 2.33. The molecule has 1 heterocycles. The monoisotopic (exact) mass is 521 g/mol. The first-order valence-corrected chi connectivity index (χ1v) is 12.7. The number of carbonyl (C=O) groups is 1. The number of thioether (sulfide) groups is 1. The zero-order valence-electron chi connectivity index (χ0n) is 20.3. The van der Waals surface area contributed by atoms with Crippen LogP contribution in [0.15, 0.2) is 114 Å². The fraction of sp³-hybridized carbons (Fsp3) is 0.0667. The van der Waals surface area contributed by atoms with E-state index in [9.17, 15) is 14.9 Å². The normalized spacial score (nSPS) is 15.4. The van der Waals surface area contributed by atoms with Crippen LogP contribution in [0.25, 0.3) is 16.8 Å². The molecular formula is C30H23N3O4S. The van der Waals surface area contributed by atoms with Crippen molar-refractivity contribution in [2.45, 2.75) is 6.61 Å². The Balaban J connectivity index is 1.52. The van der Waals surface area contributed by atoms with Crippen molar-refractivity contribution in [2.24, 2.45) is 4.99 Å². The van der Waals surface area contributed by atoms with Crippen LogP contribution >= 0.6 is 11.8 Å². The number of fused-ring (bicyclic) bond motifs is 1. The summed E-state index contributed by atoms with van der Waals surface area (Å²) in [6.45, 7) is 4.35. The molecule has 188 valence electrons. The zero-order chi connectivity index (χ0) is 26.5. The number of hydrogen-bond donors (Lipinski definition) is 0. The number of nitrogens with zero attached hydrogens (tertiary/aromatic N) is 3. The van der Waals surface area contributed by atoms with Crippen molar-refractivity contribution >= 4 is 51.1 Å². The molecule has 1 fully saturated rings. The van der Waals surface area contributed by atoms with Crippen LogP contribution in [0.3, 0.4) is 0 Å². The molecule has 5 rings (SSSR count). The number of benzene rings is 4. The minimum Gasteiger partial charge on any atom is -0.488 e. The minimum absolute atomic E-state index is 0.0908. The molecule has 38 heavy (non-hydrogen) atoms. The third-order valence-corrected chi connectivity index (χ3v) is 6.92. The molecule has 0 atom stereocenters. The van der Waals surface area contributed by atoms with Gasteiger partial charge in [0.2, 0.25) is 0 Å². The molecule has 0 aliphatic carbocycles. The molecule has 4 aromatic rings. The summed E-state index contributed by atoms with van der Waals surface area (Å²) in [6.07, 6.45) is 3.27. The second kappa shape index (κ2) is 11.1. The summed E-state index contributed by atoms with van der Waals surface area (Å²) in [7, 11) is 0. The molecule has 0 spiro atoms. The topological polar surface area (TPSA) is 85.0 Å². The van der Waals surface area contributed by atoms with E-state index in [-0.39, 0.29) is 24.7 Å². The summed E-state index contributed by atoms with van der Waals surface area (Å²) < 4.78 is 6.00. The van der Waals surface area contributed by atoms with E-state index in [0.717, 1.165) is 22.0 Å². The maximum atomic E-state index is 13.4. The average molecular weight is 522 g/mol. The highest BCUT2D eigenvalue weighted by Crippen LogP contribution is 2.37. The molecule has 0 saturated carbocycles. The number of aliphatic imine (C=N–C) groups is 1. The van der Waals surface area contributed by atoms with Gasteiger partial charge in [0.25, 0.3) is 11.6 Å². The van der Waals surface area contributed by atoms with Crippen LogP contribution in [0.2, 0.25) is 0 Å². The largest absolute Gasteiger partial charge is 0.488 e. The molecule has 4 aromatic carbocycles. The molecule has 0 aromatic heterocycles. The fourth-order valence-corrected chi connectivity index (χ4v) is 5.05. The maximum absolute atomic E-state index is 13.4. The highest BCUT2D eigenvalue weighted by atomic mass is 32.2. The van der Waals surface area contributed by atoms with Crippen LogP contribution in [0, 0.1) is 10.1 Å². The third-order valence-electron chi connectivity index (χ3n) is 5.91. The molecule has 0 bridgehead atoms. The van der Waals surface area contributed by atoms with Crippen LogP contribution in [0.4, 0.5) is 11.4 Å².